The number of unbranched alkanes of at least 4 members (excludes halogenated alkanes) is 1. The van der Waals surface area contributed by atoms with Crippen LogP contribution in [0.15, 0.2) is 22.8 Å². The molecule has 1 aromatic rings. The zero-order valence-corrected chi connectivity index (χ0v) is 10.7. The molecule has 0 radical (unpaired) electrons. The monoisotopic (exact) mass is 241 g/mol. The predicted octanol–water partition coefficient (Wildman–Crippen LogP) is 2.11. The van der Waals surface area contributed by atoms with Crippen molar-refractivity contribution in [3.8, 4) is 0 Å². The molecule has 0 saturated carbocycles. The summed E-state index contributed by atoms with van der Waals surface area (Å²) in [7, 11) is 0. The highest BCUT2D eigenvalue weighted by Crippen LogP contribution is 2.11. The average molecular weight is 241 g/mol. The van der Waals surface area contributed by atoms with Crippen LogP contribution in [0, 0.1) is 0 Å². The van der Waals surface area contributed by atoms with Crippen LogP contribution in [0.3, 0.4) is 0 Å². The first-order valence-corrected chi connectivity index (χ1v) is 6.26. The highest BCUT2D eigenvalue weighted by molar-refractivity contribution is 5.02. The molecular weight excluding hydrogens is 218 g/mol. The summed E-state index contributed by atoms with van der Waals surface area (Å²) in [5, 5.41) is 12.9. The molecular formula is C13H23NO3. The van der Waals surface area contributed by atoms with Crippen molar-refractivity contribution in [1.29, 1.82) is 0 Å². The Kier molecular flexibility index (Phi) is 6.93. The zero-order chi connectivity index (χ0) is 12.5. The van der Waals surface area contributed by atoms with Gasteiger partial charge < -0.3 is 19.6 Å². The van der Waals surface area contributed by atoms with Gasteiger partial charge in [-0.25, -0.2) is 0 Å². The summed E-state index contributed by atoms with van der Waals surface area (Å²) < 4.78 is 10.6. The number of ether oxygens (including phenoxy) is 1. The van der Waals surface area contributed by atoms with Crippen molar-refractivity contribution in [3.63, 3.8) is 0 Å². The Bertz CT molecular complexity index is 274. The lowest BCUT2D eigenvalue weighted by atomic mass is 10.2. The molecule has 2 atom stereocenters. The van der Waals surface area contributed by atoms with Gasteiger partial charge in [0.05, 0.1) is 25.0 Å². The Morgan fingerprint density at radius 2 is 2.35 bits per heavy atom. The van der Waals surface area contributed by atoms with Crippen molar-refractivity contribution in [2.45, 2.75) is 38.8 Å². The van der Waals surface area contributed by atoms with Gasteiger partial charge in [-0.1, -0.05) is 13.3 Å². The highest BCUT2D eigenvalue weighted by Gasteiger charge is 2.10. The zero-order valence-electron chi connectivity index (χ0n) is 10.7. The summed E-state index contributed by atoms with van der Waals surface area (Å²) in [4.78, 5) is 0. The van der Waals surface area contributed by atoms with Crippen molar-refractivity contribution in [2.75, 3.05) is 19.8 Å². The van der Waals surface area contributed by atoms with E-state index in [-0.39, 0.29) is 6.04 Å². The van der Waals surface area contributed by atoms with Crippen LogP contribution in [0.5, 0.6) is 0 Å². The molecule has 0 aliphatic rings. The molecule has 0 saturated heterocycles. The van der Waals surface area contributed by atoms with E-state index in [0.29, 0.717) is 13.2 Å². The summed E-state index contributed by atoms with van der Waals surface area (Å²) >= 11 is 0. The number of aliphatic hydroxyl groups excluding tert-OH is 1. The van der Waals surface area contributed by atoms with Gasteiger partial charge in [0, 0.05) is 13.2 Å². The lowest BCUT2D eigenvalue weighted by Gasteiger charge is -2.15. The third-order valence-electron chi connectivity index (χ3n) is 2.58. The maximum Gasteiger partial charge on any atom is 0.120 e. The van der Waals surface area contributed by atoms with Crippen LogP contribution < -0.4 is 5.32 Å². The van der Waals surface area contributed by atoms with Crippen LogP contribution in [-0.4, -0.2) is 31.0 Å². The van der Waals surface area contributed by atoms with Crippen molar-refractivity contribution in [2.24, 2.45) is 0 Å². The third-order valence-corrected chi connectivity index (χ3v) is 2.58. The Balaban J connectivity index is 2.09. The lowest BCUT2D eigenvalue weighted by molar-refractivity contribution is 0.0345. The second-order valence-corrected chi connectivity index (χ2v) is 4.23. The topological polar surface area (TPSA) is 54.6 Å². The molecule has 0 aliphatic heterocycles. The molecule has 1 rings (SSSR count). The summed E-state index contributed by atoms with van der Waals surface area (Å²) in [6.45, 7) is 5.74. The summed E-state index contributed by atoms with van der Waals surface area (Å²) in [6, 6.07) is 3.88. The Morgan fingerprint density at radius 1 is 1.53 bits per heavy atom. The molecule has 0 spiro atoms. The van der Waals surface area contributed by atoms with E-state index in [9.17, 15) is 5.11 Å². The van der Waals surface area contributed by atoms with Gasteiger partial charge in [0.1, 0.15) is 5.76 Å². The quantitative estimate of drug-likeness (QED) is 0.650. The predicted molar refractivity (Wildman–Crippen MR) is 66.9 cm³/mol. The largest absolute Gasteiger partial charge is 0.468 e. The fourth-order valence-corrected chi connectivity index (χ4v) is 1.48. The minimum atomic E-state index is -0.468. The Morgan fingerprint density at radius 3 is 3.00 bits per heavy atom. The van der Waals surface area contributed by atoms with E-state index in [0.717, 1.165) is 25.2 Å². The van der Waals surface area contributed by atoms with E-state index in [1.165, 1.54) is 0 Å². The normalized spacial score (nSPS) is 14.8. The molecule has 1 aromatic heterocycles. The standard InChI is InChI=1S/C13H23NO3/c1-3-4-7-16-10-12(15)9-14-11(2)13-6-5-8-17-13/h5-6,8,11-12,14-15H,3-4,7,9-10H2,1-2H3/t11-,12?/m1/s1. The highest BCUT2D eigenvalue weighted by atomic mass is 16.5. The Labute approximate surface area is 103 Å². The fourth-order valence-electron chi connectivity index (χ4n) is 1.48. The number of aliphatic hydroxyl groups is 1. The summed E-state index contributed by atoms with van der Waals surface area (Å²) in [6.07, 6.45) is 3.34. The van der Waals surface area contributed by atoms with Gasteiger partial charge in [-0.15, -0.1) is 0 Å². The van der Waals surface area contributed by atoms with Crippen LogP contribution in [0.2, 0.25) is 0 Å². The molecule has 0 bridgehead atoms. The molecule has 1 heterocycles. The van der Waals surface area contributed by atoms with E-state index >= 15 is 0 Å². The van der Waals surface area contributed by atoms with Crippen molar-refractivity contribution >= 4 is 0 Å². The number of furan rings is 1. The van der Waals surface area contributed by atoms with Crippen LogP contribution in [0.25, 0.3) is 0 Å². The van der Waals surface area contributed by atoms with Crippen molar-refractivity contribution < 1.29 is 14.3 Å². The van der Waals surface area contributed by atoms with Gasteiger partial charge in [0.25, 0.3) is 0 Å². The molecule has 0 aliphatic carbocycles. The van der Waals surface area contributed by atoms with Gasteiger partial charge in [0.15, 0.2) is 0 Å². The number of hydrogen-bond donors (Lipinski definition) is 2. The van der Waals surface area contributed by atoms with Gasteiger partial charge >= 0.3 is 0 Å². The van der Waals surface area contributed by atoms with Gasteiger partial charge in [-0.2, -0.15) is 0 Å². The second kappa shape index (κ2) is 8.28. The summed E-state index contributed by atoms with van der Waals surface area (Å²) in [5.74, 6) is 0.879. The first kappa shape index (κ1) is 14.2. The van der Waals surface area contributed by atoms with E-state index < -0.39 is 6.10 Å². The minimum Gasteiger partial charge on any atom is -0.468 e. The van der Waals surface area contributed by atoms with Crippen LogP contribution in [0.4, 0.5) is 0 Å². The minimum absolute atomic E-state index is 0.107. The molecule has 4 heteroatoms. The molecule has 0 amide bonds. The Hall–Kier alpha value is -0.840. The number of hydrogen-bond acceptors (Lipinski definition) is 4. The summed E-state index contributed by atoms with van der Waals surface area (Å²) in [5.41, 5.74) is 0. The molecule has 1 unspecified atom stereocenters. The van der Waals surface area contributed by atoms with Crippen LogP contribution in [-0.2, 0) is 4.74 Å². The number of nitrogens with one attached hydrogen (secondary N) is 1. The van der Waals surface area contributed by atoms with E-state index in [1.807, 2.05) is 19.1 Å². The molecule has 17 heavy (non-hydrogen) atoms. The molecule has 4 nitrogen and oxygen atoms in total. The van der Waals surface area contributed by atoms with E-state index in [1.54, 1.807) is 6.26 Å². The van der Waals surface area contributed by atoms with E-state index in [4.69, 9.17) is 9.15 Å². The average Bonchev–Trinajstić information content (AvgIpc) is 2.85. The second-order valence-electron chi connectivity index (χ2n) is 4.23. The SMILES string of the molecule is CCCCOCC(O)CN[C@H](C)c1ccco1. The third kappa shape index (κ3) is 5.86. The molecule has 0 aromatic carbocycles. The molecule has 2 N–H and O–H groups in total. The first-order valence-electron chi connectivity index (χ1n) is 6.26. The fraction of sp³-hybridized carbons (Fsp3) is 0.692. The number of rotatable bonds is 9. The first-order chi connectivity index (χ1) is 8.24. The van der Waals surface area contributed by atoms with Crippen LogP contribution in [0.1, 0.15) is 38.5 Å². The van der Waals surface area contributed by atoms with Gasteiger partial charge in [0.2, 0.25) is 0 Å². The smallest absolute Gasteiger partial charge is 0.120 e. The van der Waals surface area contributed by atoms with Crippen molar-refractivity contribution in [1.82, 2.24) is 5.32 Å². The van der Waals surface area contributed by atoms with Crippen molar-refractivity contribution in [3.05, 3.63) is 24.2 Å². The maximum atomic E-state index is 9.68. The van der Waals surface area contributed by atoms with Crippen LogP contribution >= 0.6 is 0 Å². The van der Waals surface area contributed by atoms with Gasteiger partial charge in [-0.05, 0) is 25.5 Å². The lowest BCUT2D eigenvalue weighted by Crippen LogP contribution is -2.32. The van der Waals surface area contributed by atoms with E-state index in [2.05, 4.69) is 12.2 Å². The maximum absolute atomic E-state index is 9.68. The molecule has 0 fully saturated rings. The molecule has 98 valence electrons. The van der Waals surface area contributed by atoms with Gasteiger partial charge in [-0.3, -0.25) is 0 Å².